The summed E-state index contributed by atoms with van der Waals surface area (Å²) in [5, 5.41) is 1.16. The van der Waals surface area contributed by atoms with Crippen molar-refractivity contribution in [2.75, 3.05) is 6.54 Å². The van der Waals surface area contributed by atoms with Crippen molar-refractivity contribution in [1.82, 2.24) is 4.90 Å². The molecule has 192 valence electrons. The van der Waals surface area contributed by atoms with Gasteiger partial charge in [0.05, 0.1) is 34.3 Å². The number of halogens is 7. The summed E-state index contributed by atoms with van der Waals surface area (Å²) in [5.74, 6) is -2.09. The van der Waals surface area contributed by atoms with Gasteiger partial charge in [0.2, 0.25) is 0 Å². The number of rotatable bonds is 7. The van der Waals surface area contributed by atoms with Crippen molar-refractivity contribution in [2.45, 2.75) is 38.8 Å². The fraction of sp³-hybridized carbons (Fsp3) is 0.269. The third-order valence-electron chi connectivity index (χ3n) is 5.72. The quantitative estimate of drug-likeness (QED) is 0.205. The minimum atomic E-state index is -4.79. The molecule has 0 aromatic heterocycles. The molecular formula is C26H24Cl3F4NOSi. The van der Waals surface area contributed by atoms with E-state index in [2.05, 4.69) is 19.6 Å². The molecule has 0 radical (unpaired) electrons. The fourth-order valence-corrected chi connectivity index (χ4v) is 5.33. The topological polar surface area (TPSA) is 20.3 Å². The summed E-state index contributed by atoms with van der Waals surface area (Å²) in [4.78, 5) is 14.7. The van der Waals surface area contributed by atoms with Gasteiger partial charge >= 0.3 is 6.18 Å². The summed E-state index contributed by atoms with van der Waals surface area (Å²) >= 11 is 17.8. The SMILES string of the molecule is C[Si](C)(C)c1ccc(CN(CCc2ccc(Cl)c(Cl)c2)C(=O)c2cc(C(F)(F)F)cc(Cl)c2F)cc1. The predicted molar refractivity (Wildman–Crippen MR) is 141 cm³/mol. The standard InChI is InChI=1S/C26H24Cl3F4NOSi/c1-36(2,3)19-7-4-17(5-8-19)15-34(11-10-16-6-9-21(27)22(28)12-16)25(35)20-13-18(26(31,32)33)14-23(29)24(20)30/h4-9,12-14H,10-11,15H2,1-3H3. The van der Waals surface area contributed by atoms with Gasteiger partial charge in [0.1, 0.15) is 0 Å². The molecule has 0 bridgehead atoms. The van der Waals surface area contributed by atoms with E-state index in [4.69, 9.17) is 34.8 Å². The molecule has 0 atom stereocenters. The first-order valence-electron chi connectivity index (χ1n) is 11.1. The Morgan fingerprint density at radius 1 is 0.861 bits per heavy atom. The van der Waals surface area contributed by atoms with Gasteiger partial charge < -0.3 is 4.90 Å². The van der Waals surface area contributed by atoms with E-state index >= 15 is 0 Å². The number of carbonyl (C=O) groups excluding carboxylic acids is 1. The summed E-state index contributed by atoms with van der Waals surface area (Å²) in [6.07, 6.45) is -4.46. The lowest BCUT2D eigenvalue weighted by Gasteiger charge is -2.25. The molecule has 0 aliphatic heterocycles. The maximum absolute atomic E-state index is 14.8. The molecule has 0 aliphatic rings. The van der Waals surface area contributed by atoms with E-state index in [-0.39, 0.29) is 13.1 Å². The van der Waals surface area contributed by atoms with Crippen LogP contribution in [0.5, 0.6) is 0 Å². The van der Waals surface area contributed by atoms with Gasteiger partial charge in [-0.15, -0.1) is 0 Å². The molecule has 2 nitrogen and oxygen atoms in total. The zero-order valence-corrected chi connectivity index (χ0v) is 23.1. The van der Waals surface area contributed by atoms with Crippen LogP contribution in [0.3, 0.4) is 0 Å². The van der Waals surface area contributed by atoms with Crippen LogP contribution < -0.4 is 5.19 Å². The second-order valence-corrected chi connectivity index (χ2v) is 15.8. The Kier molecular flexibility index (Phi) is 8.81. The van der Waals surface area contributed by atoms with Crippen molar-refractivity contribution in [3.8, 4) is 0 Å². The van der Waals surface area contributed by atoms with Crippen LogP contribution in [0.4, 0.5) is 17.6 Å². The monoisotopic (exact) mass is 575 g/mol. The van der Waals surface area contributed by atoms with Crippen LogP contribution in [-0.4, -0.2) is 25.4 Å². The van der Waals surface area contributed by atoms with Crippen molar-refractivity contribution >= 4 is 54.0 Å². The van der Waals surface area contributed by atoms with Gasteiger partial charge in [-0.3, -0.25) is 4.79 Å². The molecule has 0 unspecified atom stereocenters. The number of nitrogens with zero attached hydrogens (tertiary/aromatic N) is 1. The van der Waals surface area contributed by atoms with Crippen molar-refractivity contribution in [3.05, 3.63) is 97.7 Å². The lowest BCUT2D eigenvalue weighted by molar-refractivity contribution is -0.137. The number of hydrogen-bond acceptors (Lipinski definition) is 1. The van der Waals surface area contributed by atoms with E-state index in [1.165, 1.54) is 10.1 Å². The number of benzene rings is 3. The summed E-state index contributed by atoms with van der Waals surface area (Å²) in [6.45, 7) is 6.78. The first kappa shape index (κ1) is 28.5. The van der Waals surface area contributed by atoms with E-state index < -0.39 is 42.1 Å². The van der Waals surface area contributed by atoms with Crippen LogP contribution in [-0.2, 0) is 19.1 Å². The summed E-state index contributed by atoms with van der Waals surface area (Å²) in [5.41, 5.74) is -0.402. The number of alkyl halides is 3. The van der Waals surface area contributed by atoms with Gasteiger partial charge in [0.25, 0.3) is 5.91 Å². The van der Waals surface area contributed by atoms with Crippen LogP contribution in [0.1, 0.15) is 27.0 Å². The molecule has 0 fully saturated rings. The van der Waals surface area contributed by atoms with E-state index in [1.54, 1.807) is 18.2 Å². The van der Waals surface area contributed by atoms with Gasteiger partial charge in [-0.25, -0.2) is 4.39 Å². The normalized spacial score (nSPS) is 12.1. The largest absolute Gasteiger partial charge is 0.416 e. The van der Waals surface area contributed by atoms with Gasteiger partial charge in [-0.05, 0) is 41.8 Å². The molecule has 0 N–H and O–H groups in total. The van der Waals surface area contributed by atoms with Crippen molar-refractivity contribution < 1.29 is 22.4 Å². The second-order valence-electron chi connectivity index (χ2n) is 9.49. The molecule has 36 heavy (non-hydrogen) atoms. The van der Waals surface area contributed by atoms with Crippen molar-refractivity contribution in [1.29, 1.82) is 0 Å². The van der Waals surface area contributed by atoms with Crippen molar-refractivity contribution in [3.63, 3.8) is 0 Å². The molecule has 1 amide bonds. The lowest BCUT2D eigenvalue weighted by atomic mass is 10.1. The van der Waals surface area contributed by atoms with Crippen LogP contribution in [0.25, 0.3) is 0 Å². The smallest absolute Gasteiger partial charge is 0.334 e. The van der Waals surface area contributed by atoms with Gasteiger partial charge in [-0.1, -0.05) is 90.0 Å². The Balaban J connectivity index is 1.96. The van der Waals surface area contributed by atoms with Gasteiger partial charge in [0.15, 0.2) is 5.82 Å². The second kappa shape index (κ2) is 11.1. The minimum absolute atomic E-state index is 0.0689. The molecule has 0 spiro atoms. The summed E-state index contributed by atoms with van der Waals surface area (Å²) in [7, 11) is -1.55. The third-order valence-corrected chi connectivity index (χ3v) is 8.80. The van der Waals surface area contributed by atoms with Crippen LogP contribution in [0.2, 0.25) is 34.7 Å². The maximum Gasteiger partial charge on any atom is 0.416 e. The molecule has 0 saturated carbocycles. The molecule has 3 aromatic rings. The van der Waals surface area contributed by atoms with Crippen LogP contribution >= 0.6 is 34.8 Å². The average Bonchev–Trinajstić information content (AvgIpc) is 2.79. The number of amides is 1. The summed E-state index contributed by atoms with van der Waals surface area (Å²) in [6, 6.07) is 13.7. The zero-order valence-electron chi connectivity index (χ0n) is 19.8. The predicted octanol–water partition coefficient (Wildman–Crippen LogP) is 8.24. The number of hydrogen-bond donors (Lipinski definition) is 0. The Morgan fingerprint density at radius 2 is 1.47 bits per heavy atom. The Morgan fingerprint density at radius 3 is 2.03 bits per heavy atom. The first-order valence-corrected chi connectivity index (χ1v) is 15.7. The molecule has 0 saturated heterocycles. The van der Waals surface area contributed by atoms with Crippen molar-refractivity contribution in [2.24, 2.45) is 0 Å². The molecule has 3 rings (SSSR count). The first-order chi connectivity index (χ1) is 16.7. The zero-order chi connectivity index (χ0) is 26.8. The molecular weight excluding hydrogens is 553 g/mol. The van der Waals surface area contributed by atoms with E-state index in [0.717, 1.165) is 11.1 Å². The molecule has 0 aliphatic carbocycles. The van der Waals surface area contributed by atoms with Gasteiger partial charge in [0, 0.05) is 13.1 Å². The molecule has 3 aromatic carbocycles. The van der Waals surface area contributed by atoms with E-state index in [0.29, 0.717) is 28.6 Å². The minimum Gasteiger partial charge on any atom is -0.334 e. The Hall–Kier alpha value is -2.06. The summed E-state index contributed by atoms with van der Waals surface area (Å²) < 4.78 is 54.8. The highest BCUT2D eigenvalue weighted by molar-refractivity contribution is 6.88. The highest BCUT2D eigenvalue weighted by atomic mass is 35.5. The Labute approximate surface area is 223 Å². The average molecular weight is 577 g/mol. The number of carbonyl (C=O) groups is 1. The highest BCUT2D eigenvalue weighted by Gasteiger charge is 2.34. The Bertz CT molecular complexity index is 1260. The lowest BCUT2D eigenvalue weighted by Crippen LogP contribution is -2.37. The van der Waals surface area contributed by atoms with E-state index in [1.807, 2.05) is 24.3 Å². The molecule has 0 heterocycles. The fourth-order valence-electron chi connectivity index (χ4n) is 3.62. The third kappa shape index (κ3) is 7.03. The van der Waals surface area contributed by atoms with E-state index in [9.17, 15) is 22.4 Å². The highest BCUT2D eigenvalue weighted by Crippen LogP contribution is 2.34. The van der Waals surface area contributed by atoms with Crippen LogP contribution in [0.15, 0.2) is 54.6 Å². The maximum atomic E-state index is 14.8. The molecule has 10 heteroatoms. The van der Waals surface area contributed by atoms with Gasteiger partial charge in [-0.2, -0.15) is 13.2 Å². The van der Waals surface area contributed by atoms with Crippen LogP contribution in [0, 0.1) is 5.82 Å².